The summed E-state index contributed by atoms with van der Waals surface area (Å²) in [5.41, 5.74) is 0. The van der Waals surface area contributed by atoms with Gasteiger partial charge in [-0.15, -0.1) is 0 Å². The lowest BCUT2D eigenvalue weighted by Gasteiger charge is -2.23. The Morgan fingerprint density at radius 1 is 1.24 bits per heavy atom. The van der Waals surface area contributed by atoms with Crippen molar-refractivity contribution in [2.75, 3.05) is 18.0 Å². The van der Waals surface area contributed by atoms with Crippen LogP contribution in [0, 0.1) is 23.7 Å². The molecular formula is C18H18BrN3O3. The zero-order chi connectivity index (χ0) is 17.7. The maximum Gasteiger partial charge on any atom is 0.248 e. The summed E-state index contributed by atoms with van der Waals surface area (Å²) in [5.74, 6) is -0.396. The molecule has 1 aromatic heterocycles. The topological polar surface area (TPSA) is 70.6 Å². The standard InChI is InChI=1S/C18H18BrN3O3/c1-2-21(13-6-5-12(19)8-20-13)14(23)9-22-17(24)15-10-3-4-11(7-10)16(15)18(22)25/h3-6,8,10-11,15-16H,2,7,9H2,1H3. The van der Waals surface area contributed by atoms with Crippen molar-refractivity contribution in [2.24, 2.45) is 23.7 Å². The molecule has 1 saturated heterocycles. The van der Waals surface area contributed by atoms with Crippen LogP contribution < -0.4 is 4.90 Å². The second-order valence-electron chi connectivity index (χ2n) is 6.74. The number of pyridine rings is 1. The summed E-state index contributed by atoms with van der Waals surface area (Å²) in [5, 5.41) is 0. The number of aromatic nitrogens is 1. The Morgan fingerprint density at radius 2 is 1.88 bits per heavy atom. The van der Waals surface area contributed by atoms with E-state index in [1.54, 1.807) is 18.3 Å². The van der Waals surface area contributed by atoms with E-state index in [1.807, 2.05) is 19.1 Å². The number of hydrogen-bond donors (Lipinski definition) is 0. The molecular weight excluding hydrogens is 386 g/mol. The molecule has 4 rings (SSSR count). The summed E-state index contributed by atoms with van der Waals surface area (Å²) in [4.78, 5) is 45.0. The van der Waals surface area contributed by atoms with Crippen molar-refractivity contribution >= 4 is 39.5 Å². The quantitative estimate of drug-likeness (QED) is 0.569. The summed E-state index contributed by atoms with van der Waals surface area (Å²) in [6.45, 7) is 2.05. The Kier molecular flexibility index (Phi) is 3.98. The number of imide groups is 1. The van der Waals surface area contributed by atoms with Gasteiger partial charge in [0.05, 0.1) is 11.8 Å². The Hall–Kier alpha value is -2.02. The van der Waals surface area contributed by atoms with Crippen LogP contribution >= 0.6 is 15.9 Å². The molecule has 130 valence electrons. The number of likely N-dealkylation sites (N-methyl/N-ethyl adjacent to an activating group) is 1. The Bertz CT molecular complexity index is 746. The van der Waals surface area contributed by atoms with Gasteiger partial charge < -0.3 is 0 Å². The smallest absolute Gasteiger partial charge is 0.248 e. The zero-order valence-corrected chi connectivity index (χ0v) is 15.3. The third kappa shape index (κ3) is 2.52. The number of nitrogens with zero attached hydrogens (tertiary/aromatic N) is 3. The van der Waals surface area contributed by atoms with Crippen LogP contribution in [0.15, 0.2) is 35.0 Å². The van der Waals surface area contributed by atoms with Crippen LogP contribution in [0.2, 0.25) is 0 Å². The Morgan fingerprint density at radius 3 is 2.40 bits per heavy atom. The van der Waals surface area contributed by atoms with E-state index in [0.29, 0.717) is 12.4 Å². The second kappa shape index (κ2) is 6.05. The first-order valence-electron chi connectivity index (χ1n) is 8.46. The molecule has 1 saturated carbocycles. The highest BCUT2D eigenvalue weighted by Gasteiger charge is 2.59. The molecule has 1 aliphatic heterocycles. The van der Waals surface area contributed by atoms with Gasteiger partial charge >= 0.3 is 0 Å². The molecule has 3 aliphatic rings. The number of halogens is 1. The number of fused-ring (bicyclic) bond motifs is 5. The Labute approximate surface area is 154 Å². The molecule has 4 unspecified atom stereocenters. The molecule has 1 aromatic rings. The number of hydrogen-bond acceptors (Lipinski definition) is 4. The summed E-state index contributed by atoms with van der Waals surface area (Å²) in [6.07, 6.45) is 6.60. The summed E-state index contributed by atoms with van der Waals surface area (Å²) < 4.78 is 0.820. The van der Waals surface area contributed by atoms with Gasteiger partial charge in [0.25, 0.3) is 0 Å². The molecule has 2 fully saturated rings. The zero-order valence-electron chi connectivity index (χ0n) is 13.8. The van der Waals surface area contributed by atoms with E-state index in [4.69, 9.17) is 0 Å². The minimum atomic E-state index is -0.292. The van der Waals surface area contributed by atoms with Gasteiger partial charge in [-0.3, -0.25) is 24.2 Å². The van der Waals surface area contributed by atoms with Crippen molar-refractivity contribution in [3.8, 4) is 0 Å². The molecule has 0 N–H and O–H groups in total. The highest BCUT2D eigenvalue weighted by molar-refractivity contribution is 9.10. The van der Waals surface area contributed by atoms with Gasteiger partial charge in [-0.1, -0.05) is 12.2 Å². The number of rotatable bonds is 4. The van der Waals surface area contributed by atoms with E-state index in [1.165, 1.54) is 4.90 Å². The lowest BCUT2D eigenvalue weighted by atomic mass is 9.85. The number of amides is 3. The molecule has 25 heavy (non-hydrogen) atoms. The van der Waals surface area contributed by atoms with E-state index in [9.17, 15) is 14.4 Å². The fourth-order valence-electron chi connectivity index (χ4n) is 4.33. The van der Waals surface area contributed by atoms with Gasteiger partial charge in [-0.05, 0) is 53.2 Å². The average Bonchev–Trinajstić information content (AvgIpc) is 3.27. The number of carbonyl (C=O) groups excluding carboxylic acids is 3. The van der Waals surface area contributed by atoms with Crippen LogP contribution in [0.4, 0.5) is 5.82 Å². The monoisotopic (exact) mass is 403 g/mol. The van der Waals surface area contributed by atoms with Crippen LogP contribution in [-0.2, 0) is 14.4 Å². The largest absolute Gasteiger partial charge is 0.296 e. The second-order valence-corrected chi connectivity index (χ2v) is 7.65. The van der Waals surface area contributed by atoms with Crippen LogP contribution in [0.3, 0.4) is 0 Å². The number of carbonyl (C=O) groups is 3. The van der Waals surface area contributed by atoms with Crippen molar-refractivity contribution < 1.29 is 14.4 Å². The van der Waals surface area contributed by atoms with Gasteiger partial charge in [-0.25, -0.2) is 4.98 Å². The first kappa shape index (κ1) is 16.4. The van der Waals surface area contributed by atoms with E-state index in [-0.39, 0.29) is 47.9 Å². The molecule has 0 spiro atoms. The minimum Gasteiger partial charge on any atom is -0.296 e. The van der Waals surface area contributed by atoms with Crippen molar-refractivity contribution in [1.82, 2.24) is 9.88 Å². The summed E-state index contributed by atoms with van der Waals surface area (Å²) >= 11 is 3.32. The van der Waals surface area contributed by atoms with Crippen molar-refractivity contribution in [1.29, 1.82) is 0 Å². The highest BCUT2D eigenvalue weighted by atomic mass is 79.9. The third-order valence-electron chi connectivity index (χ3n) is 5.46. The van der Waals surface area contributed by atoms with Gasteiger partial charge in [0.2, 0.25) is 17.7 Å². The summed E-state index contributed by atoms with van der Waals surface area (Å²) in [6, 6.07) is 3.54. The van der Waals surface area contributed by atoms with Crippen LogP contribution in [0.1, 0.15) is 13.3 Å². The molecule has 0 radical (unpaired) electrons. The van der Waals surface area contributed by atoms with Crippen LogP contribution in [0.5, 0.6) is 0 Å². The molecule has 7 heteroatoms. The maximum absolute atomic E-state index is 12.7. The normalized spacial score (nSPS) is 29.4. The van der Waals surface area contributed by atoms with Crippen molar-refractivity contribution in [2.45, 2.75) is 13.3 Å². The minimum absolute atomic E-state index is 0.155. The summed E-state index contributed by atoms with van der Waals surface area (Å²) in [7, 11) is 0. The van der Waals surface area contributed by atoms with Gasteiger partial charge in [0.1, 0.15) is 12.4 Å². The van der Waals surface area contributed by atoms with Crippen LogP contribution in [0.25, 0.3) is 0 Å². The van der Waals surface area contributed by atoms with E-state index in [0.717, 1.165) is 15.8 Å². The predicted molar refractivity (Wildman–Crippen MR) is 94.4 cm³/mol. The predicted octanol–water partition coefficient (Wildman–Crippen LogP) is 2.00. The molecule has 2 heterocycles. The molecule has 3 amide bonds. The SMILES string of the molecule is CCN(C(=O)CN1C(=O)C2C3C=CC(C3)C2C1=O)c1ccc(Br)cn1. The lowest BCUT2D eigenvalue weighted by Crippen LogP contribution is -2.44. The molecule has 2 aliphatic carbocycles. The molecule has 4 atom stereocenters. The molecule has 6 nitrogen and oxygen atoms in total. The van der Waals surface area contributed by atoms with Crippen LogP contribution in [-0.4, -0.2) is 40.7 Å². The molecule has 2 bridgehead atoms. The lowest BCUT2D eigenvalue weighted by molar-refractivity contribution is -0.143. The van der Waals surface area contributed by atoms with Gasteiger partial charge in [0.15, 0.2) is 0 Å². The average molecular weight is 404 g/mol. The van der Waals surface area contributed by atoms with Crippen molar-refractivity contribution in [3.05, 3.63) is 35.0 Å². The number of allylic oxidation sites excluding steroid dienone is 2. The van der Waals surface area contributed by atoms with E-state index >= 15 is 0 Å². The molecule has 0 aromatic carbocycles. The fraction of sp³-hybridized carbons (Fsp3) is 0.444. The third-order valence-corrected chi connectivity index (χ3v) is 5.93. The fourth-order valence-corrected chi connectivity index (χ4v) is 4.57. The number of anilines is 1. The maximum atomic E-state index is 12.7. The van der Waals surface area contributed by atoms with Crippen molar-refractivity contribution in [3.63, 3.8) is 0 Å². The Balaban J connectivity index is 1.52. The number of likely N-dealkylation sites (tertiary alicyclic amines) is 1. The van der Waals surface area contributed by atoms with Gasteiger partial charge in [-0.2, -0.15) is 0 Å². The first-order chi connectivity index (χ1) is 12.0. The van der Waals surface area contributed by atoms with E-state index in [2.05, 4.69) is 20.9 Å². The van der Waals surface area contributed by atoms with E-state index < -0.39 is 0 Å². The highest BCUT2D eigenvalue weighted by Crippen LogP contribution is 2.52. The first-order valence-corrected chi connectivity index (χ1v) is 9.26. The van der Waals surface area contributed by atoms with Gasteiger partial charge in [0, 0.05) is 17.2 Å².